The lowest BCUT2D eigenvalue weighted by Gasteiger charge is -2.33. The van der Waals surface area contributed by atoms with Gasteiger partial charge in [0, 0.05) is 37.4 Å². The van der Waals surface area contributed by atoms with Crippen LogP contribution in [0, 0.1) is 0 Å². The molecule has 0 spiro atoms. The highest BCUT2D eigenvalue weighted by Gasteiger charge is 2.21. The summed E-state index contributed by atoms with van der Waals surface area (Å²) in [6, 6.07) is 5.69. The van der Waals surface area contributed by atoms with E-state index in [1.165, 1.54) is 44.3 Å². The maximum Gasteiger partial charge on any atom is 0.119 e. The van der Waals surface area contributed by atoms with Gasteiger partial charge >= 0.3 is 0 Å². The molecule has 0 amide bonds. The molecule has 0 N–H and O–H groups in total. The van der Waals surface area contributed by atoms with E-state index < -0.39 is 33.0 Å². The summed E-state index contributed by atoms with van der Waals surface area (Å²) in [5.74, 6) is 0.0571. The van der Waals surface area contributed by atoms with Crippen molar-refractivity contribution < 1.29 is 19.8 Å². The van der Waals surface area contributed by atoms with Crippen LogP contribution >= 0.6 is 0 Å². The third-order valence-electron chi connectivity index (χ3n) is 2.73. The first-order valence-corrected chi connectivity index (χ1v) is 5.39. The van der Waals surface area contributed by atoms with Gasteiger partial charge in [0.1, 0.15) is 5.75 Å². The number of rotatable bonds is 4. The zero-order chi connectivity index (χ0) is 22.6. The minimum Gasteiger partial charge on any atom is -0.497 e. The van der Waals surface area contributed by atoms with Crippen LogP contribution < -0.4 is 4.74 Å². The number of likely N-dealkylation sites (N-methyl/N-ethyl adjacent to an activating group) is 1. The summed E-state index contributed by atoms with van der Waals surface area (Å²) in [6.07, 6.45) is 1.35. The molecule has 18 heavy (non-hydrogen) atoms. The maximum atomic E-state index is 8.62. The molecule has 1 aromatic carbocycles. The van der Waals surface area contributed by atoms with Crippen molar-refractivity contribution in [1.82, 2.24) is 9.47 Å². The van der Waals surface area contributed by atoms with Crippen molar-refractivity contribution in [2.45, 2.75) is 25.9 Å². The Labute approximate surface area is 124 Å². The Morgan fingerprint density at radius 1 is 1.39 bits per heavy atom. The van der Waals surface area contributed by atoms with Gasteiger partial charge in [-0.25, -0.2) is 0 Å². The number of nitrogens with zero attached hydrogens (tertiary/aromatic N) is 2. The van der Waals surface area contributed by atoms with Crippen LogP contribution in [0.5, 0.6) is 5.75 Å². The Morgan fingerprint density at radius 2 is 2.22 bits per heavy atom. The summed E-state index contributed by atoms with van der Waals surface area (Å²) in [5.41, 5.74) is -1.67. The van der Waals surface area contributed by atoms with Gasteiger partial charge in [0.2, 0.25) is 0 Å². The largest absolute Gasteiger partial charge is 0.497 e. The average molecular weight is 257 g/mol. The van der Waals surface area contributed by atoms with E-state index in [1.807, 2.05) is 0 Å². The van der Waals surface area contributed by atoms with Crippen molar-refractivity contribution in [3.8, 4) is 5.75 Å². The molecular weight excluding hydrogens is 224 g/mol. The van der Waals surface area contributed by atoms with Gasteiger partial charge in [0.25, 0.3) is 0 Å². The Bertz CT molecular complexity index is 863. The first-order chi connectivity index (χ1) is 12.8. The number of aromatic nitrogens is 1. The molecule has 1 aromatic heterocycles. The van der Waals surface area contributed by atoms with Gasteiger partial charge in [-0.2, -0.15) is 0 Å². The van der Waals surface area contributed by atoms with Crippen molar-refractivity contribution in [3.63, 3.8) is 0 Å². The molecule has 0 radical (unpaired) electrons. The molecule has 0 fully saturated rings. The quantitative estimate of drug-likeness (QED) is 0.838. The van der Waals surface area contributed by atoms with Crippen LogP contribution in [0.25, 0.3) is 10.9 Å². The van der Waals surface area contributed by atoms with Crippen molar-refractivity contribution in [2.75, 3.05) is 21.0 Å². The van der Waals surface area contributed by atoms with Gasteiger partial charge in [0.05, 0.1) is 13.9 Å². The number of hydrogen-bond acceptors (Lipinski definition) is 2. The summed E-state index contributed by atoms with van der Waals surface area (Å²) >= 11 is 0. The van der Waals surface area contributed by atoms with Gasteiger partial charge in [-0.15, -0.1) is 0 Å². The summed E-state index contributed by atoms with van der Waals surface area (Å²) in [6.45, 7) is -6.20. The molecule has 2 aromatic rings. The second-order valence-corrected chi connectivity index (χ2v) is 4.51. The van der Waals surface area contributed by atoms with Crippen LogP contribution in [0.3, 0.4) is 0 Å². The molecule has 0 atom stereocenters. The minimum atomic E-state index is -3.08. The van der Waals surface area contributed by atoms with Crippen LogP contribution in [0.4, 0.5) is 0 Å². The van der Waals surface area contributed by atoms with Gasteiger partial charge < -0.3 is 14.2 Å². The summed E-state index contributed by atoms with van der Waals surface area (Å²) < 4.78 is 90.5. The molecule has 0 aliphatic rings. The molecule has 2 rings (SSSR count). The van der Waals surface area contributed by atoms with E-state index in [0.717, 1.165) is 4.57 Å². The van der Waals surface area contributed by atoms with Gasteiger partial charge in [-0.3, -0.25) is 0 Å². The van der Waals surface area contributed by atoms with Crippen LogP contribution in [0.2, 0.25) is 0 Å². The molecule has 0 bridgehead atoms. The lowest BCUT2D eigenvalue weighted by Crippen LogP contribution is -2.41. The third kappa shape index (κ3) is 2.36. The maximum absolute atomic E-state index is 8.62. The average Bonchev–Trinajstić information content (AvgIpc) is 2.84. The predicted molar refractivity (Wildman–Crippen MR) is 76.3 cm³/mol. The molecule has 3 heteroatoms. The van der Waals surface area contributed by atoms with Crippen molar-refractivity contribution in [3.05, 3.63) is 30.5 Å². The van der Waals surface area contributed by atoms with Crippen LogP contribution in [0.1, 0.15) is 28.9 Å². The predicted octanol–water partition coefficient (Wildman–Crippen LogP) is 2.99. The molecule has 98 valence electrons. The van der Waals surface area contributed by atoms with E-state index in [0.29, 0.717) is 10.9 Å². The Hall–Kier alpha value is -1.48. The molecule has 0 saturated heterocycles. The normalized spacial score (nSPS) is 24.3. The van der Waals surface area contributed by atoms with E-state index >= 15 is 0 Å². The van der Waals surface area contributed by atoms with Gasteiger partial charge in [-0.05, 0) is 52.1 Å². The molecule has 1 heterocycles. The topological polar surface area (TPSA) is 17.4 Å². The standard InChI is InChI=1S/C15H22N2O/c1-15(2,16(3)4)11-17-9-8-12-10-13(18-5)6-7-14(12)17/h6-10H,11H2,1-5H3/i3D3,4D3,5D3,11D2. The van der Waals surface area contributed by atoms with E-state index in [9.17, 15) is 0 Å². The first-order valence-electron chi connectivity index (χ1n) is 10.9. The van der Waals surface area contributed by atoms with E-state index in [2.05, 4.69) is 0 Å². The lowest BCUT2D eigenvalue weighted by atomic mass is 10.0. The summed E-state index contributed by atoms with van der Waals surface area (Å²) in [4.78, 5) is 0.213. The third-order valence-corrected chi connectivity index (χ3v) is 2.73. The molecule has 3 nitrogen and oxygen atoms in total. The number of methoxy groups -OCH3 is 1. The molecule has 0 aliphatic carbocycles. The second kappa shape index (κ2) is 4.65. The number of ether oxygens (including phenoxy) is 1. The zero-order valence-corrected chi connectivity index (χ0v) is 10.2. The van der Waals surface area contributed by atoms with E-state index in [-0.39, 0.29) is 10.6 Å². The Kier molecular flexibility index (Phi) is 1.26. The number of fused-ring (bicyclic) bond motifs is 1. The lowest BCUT2D eigenvalue weighted by molar-refractivity contribution is 0.171. The Balaban J connectivity index is 2.58. The molecule has 0 saturated carbocycles. The van der Waals surface area contributed by atoms with Crippen molar-refractivity contribution in [2.24, 2.45) is 0 Å². The van der Waals surface area contributed by atoms with Crippen LogP contribution in [-0.2, 0) is 6.50 Å². The van der Waals surface area contributed by atoms with Crippen LogP contribution in [0.15, 0.2) is 30.5 Å². The summed E-state index contributed by atoms with van der Waals surface area (Å²) in [5, 5.41) is 0.445. The highest BCUT2D eigenvalue weighted by molar-refractivity contribution is 5.81. The highest BCUT2D eigenvalue weighted by atomic mass is 16.5. The van der Waals surface area contributed by atoms with Gasteiger partial charge in [0.15, 0.2) is 0 Å². The van der Waals surface area contributed by atoms with Crippen molar-refractivity contribution >= 4 is 10.9 Å². The van der Waals surface area contributed by atoms with E-state index in [4.69, 9.17) is 19.8 Å². The summed E-state index contributed by atoms with van der Waals surface area (Å²) in [7, 11) is -2.65. The molecular formula is C15H22N2O. The fourth-order valence-corrected chi connectivity index (χ4v) is 1.63. The fourth-order valence-electron chi connectivity index (χ4n) is 1.63. The monoisotopic (exact) mass is 257 g/mol. The molecule has 0 aliphatic heterocycles. The number of hydrogen-bond donors (Lipinski definition) is 0. The number of benzene rings is 1. The van der Waals surface area contributed by atoms with Crippen molar-refractivity contribution in [1.29, 1.82) is 0 Å². The van der Waals surface area contributed by atoms with Crippen LogP contribution in [-0.4, -0.2) is 36.0 Å². The SMILES string of the molecule is [2H]C([2H])([2H])Oc1ccc2c(ccn2C([2H])([2H])C(C)(C)N(C([2H])([2H])[2H])C([2H])([2H])[2H])c1. The first kappa shape index (κ1) is 4.89. The zero-order valence-electron chi connectivity index (χ0n) is 21.2. The minimum absolute atomic E-state index is 0.0571. The molecule has 0 unspecified atom stereocenters. The highest BCUT2D eigenvalue weighted by Crippen LogP contribution is 2.24. The fraction of sp³-hybridized carbons (Fsp3) is 0.467. The smallest absolute Gasteiger partial charge is 0.119 e. The Morgan fingerprint density at radius 3 is 2.94 bits per heavy atom. The van der Waals surface area contributed by atoms with E-state index in [1.54, 1.807) is 0 Å². The van der Waals surface area contributed by atoms with Gasteiger partial charge in [-0.1, -0.05) is 0 Å². The second-order valence-electron chi connectivity index (χ2n) is 4.51.